The van der Waals surface area contributed by atoms with Gasteiger partial charge in [-0.2, -0.15) is 0 Å². The first-order valence-corrected chi connectivity index (χ1v) is 9.48. The van der Waals surface area contributed by atoms with Gasteiger partial charge in [0.2, 0.25) is 5.95 Å². The topological polar surface area (TPSA) is 63.2 Å². The highest BCUT2D eigenvalue weighted by Crippen LogP contribution is 2.24. The molecule has 0 bridgehead atoms. The average molecular weight is 345 g/mol. The zero-order chi connectivity index (χ0) is 18.4. The van der Waals surface area contributed by atoms with Gasteiger partial charge in [-0.3, -0.25) is 9.59 Å². The van der Waals surface area contributed by atoms with E-state index in [1.54, 1.807) is 12.4 Å². The Morgan fingerprint density at radius 2 is 1.60 bits per heavy atom. The number of ketones is 2. The molecule has 1 aliphatic heterocycles. The first-order chi connectivity index (χ1) is 11.9. The summed E-state index contributed by atoms with van der Waals surface area (Å²) in [6, 6.07) is 0. The maximum Gasteiger partial charge on any atom is 0.225 e. The summed E-state index contributed by atoms with van der Waals surface area (Å²) in [4.78, 5) is 34.7. The third-order valence-corrected chi connectivity index (χ3v) is 5.05. The molecule has 1 aromatic rings. The summed E-state index contributed by atoms with van der Waals surface area (Å²) in [5.41, 5.74) is 0.879. The number of carbonyl (C=O) groups is 2. The van der Waals surface area contributed by atoms with Gasteiger partial charge in [-0.25, -0.2) is 9.97 Å². The molecule has 0 unspecified atom stereocenters. The lowest BCUT2D eigenvalue weighted by atomic mass is 9.90. The summed E-state index contributed by atoms with van der Waals surface area (Å²) in [5.74, 6) is 2.15. The number of piperidine rings is 1. The third-order valence-electron chi connectivity index (χ3n) is 5.05. The van der Waals surface area contributed by atoms with Gasteiger partial charge in [0.1, 0.15) is 11.6 Å². The van der Waals surface area contributed by atoms with Gasteiger partial charge >= 0.3 is 0 Å². The highest BCUT2D eigenvalue weighted by molar-refractivity contribution is 5.82. The van der Waals surface area contributed by atoms with E-state index in [-0.39, 0.29) is 17.6 Å². The third kappa shape index (κ3) is 5.91. The first kappa shape index (κ1) is 19.5. The Hall–Kier alpha value is -1.78. The van der Waals surface area contributed by atoms with Gasteiger partial charge in [0.05, 0.1) is 0 Å². The quantitative estimate of drug-likeness (QED) is 0.722. The largest absolute Gasteiger partial charge is 0.341 e. The molecule has 0 spiro atoms. The summed E-state index contributed by atoms with van der Waals surface area (Å²) in [6.07, 6.45) is 7.83. The molecule has 0 N–H and O–H groups in total. The van der Waals surface area contributed by atoms with E-state index in [0.29, 0.717) is 24.5 Å². The monoisotopic (exact) mass is 345 g/mol. The second-order valence-corrected chi connectivity index (χ2v) is 7.78. The molecule has 0 atom stereocenters. The summed E-state index contributed by atoms with van der Waals surface area (Å²) in [6.45, 7) is 9.64. The summed E-state index contributed by atoms with van der Waals surface area (Å²) in [7, 11) is 0. The van der Waals surface area contributed by atoms with Gasteiger partial charge in [-0.15, -0.1) is 0 Å². The highest BCUT2D eigenvalue weighted by atomic mass is 16.1. The van der Waals surface area contributed by atoms with E-state index >= 15 is 0 Å². The number of Topliss-reactive ketones (excluding diaryl/α,β-unsaturated/α-hetero) is 2. The second kappa shape index (κ2) is 9.07. The maximum atomic E-state index is 11.8. The number of anilines is 1. The maximum absolute atomic E-state index is 11.8. The molecule has 2 rings (SSSR count). The molecule has 0 radical (unpaired) electrons. The van der Waals surface area contributed by atoms with Crippen LogP contribution in [-0.4, -0.2) is 34.6 Å². The molecule has 1 aliphatic rings. The molecule has 5 heteroatoms. The van der Waals surface area contributed by atoms with Gasteiger partial charge in [0, 0.05) is 50.2 Å². The van der Waals surface area contributed by atoms with Crippen LogP contribution in [0.15, 0.2) is 12.4 Å². The number of nitrogens with zero attached hydrogens (tertiary/aromatic N) is 3. The van der Waals surface area contributed by atoms with E-state index in [1.807, 2.05) is 27.7 Å². The molecule has 5 nitrogen and oxygen atoms in total. The van der Waals surface area contributed by atoms with Crippen LogP contribution >= 0.6 is 0 Å². The molecule has 0 saturated carbocycles. The van der Waals surface area contributed by atoms with Gasteiger partial charge in [0.15, 0.2) is 0 Å². The number of hydrogen-bond acceptors (Lipinski definition) is 5. The molecule has 138 valence electrons. The van der Waals surface area contributed by atoms with Gasteiger partial charge < -0.3 is 4.90 Å². The van der Waals surface area contributed by atoms with Crippen molar-refractivity contribution in [3.63, 3.8) is 0 Å². The second-order valence-electron chi connectivity index (χ2n) is 7.78. The Bertz CT molecular complexity index is 573. The summed E-state index contributed by atoms with van der Waals surface area (Å²) in [5, 5.41) is 0. The summed E-state index contributed by atoms with van der Waals surface area (Å²) >= 11 is 0. The van der Waals surface area contributed by atoms with Crippen LogP contribution in [0.25, 0.3) is 0 Å². The molecule has 1 fully saturated rings. The van der Waals surface area contributed by atoms with E-state index in [4.69, 9.17) is 0 Å². The van der Waals surface area contributed by atoms with E-state index in [2.05, 4.69) is 14.9 Å². The van der Waals surface area contributed by atoms with Crippen molar-refractivity contribution in [1.29, 1.82) is 0 Å². The van der Waals surface area contributed by atoms with Crippen LogP contribution in [0.1, 0.15) is 58.9 Å². The van der Waals surface area contributed by atoms with Crippen LogP contribution in [0.2, 0.25) is 0 Å². The van der Waals surface area contributed by atoms with Crippen molar-refractivity contribution >= 4 is 17.5 Å². The van der Waals surface area contributed by atoms with Gasteiger partial charge in [-0.05, 0) is 30.7 Å². The molecule has 1 aromatic heterocycles. The molecular weight excluding hydrogens is 314 g/mol. The zero-order valence-electron chi connectivity index (χ0n) is 16.0. The fraction of sp³-hybridized carbons (Fsp3) is 0.700. The highest BCUT2D eigenvalue weighted by Gasteiger charge is 2.22. The molecule has 0 amide bonds. The van der Waals surface area contributed by atoms with Crippen molar-refractivity contribution in [3.05, 3.63) is 18.0 Å². The zero-order valence-corrected chi connectivity index (χ0v) is 16.0. The fourth-order valence-electron chi connectivity index (χ4n) is 3.06. The Morgan fingerprint density at radius 3 is 2.12 bits per heavy atom. The lowest BCUT2D eigenvalue weighted by Gasteiger charge is -2.32. The van der Waals surface area contributed by atoms with Crippen molar-refractivity contribution in [1.82, 2.24) is 9.97 Å². The van der Waals surface area contributed by atoms with Crippen LogP contribution in [0.3, 0.4) is 0 Å². The smallest absolute Gasteiger partial charge is 0.225 e. The van der Waals surface area contributed by atoms with Gasteiger partial charge in [-0.1, -0.05) is 27.7 Å². The summed E-state index contributed by atoms with van der Waals surface area (Å²) < 4.78 is 0. The molecule has 0 aromatic carbocycles. The SMILES string of the molecule is CC(C)C(=O)CCC1CCN(c2ncc(CC(=O)C(C)C)cn2)CC1. The predicted octanol–water partition coefficient (Wildman–Crippen LogP) is 3.47. The molecule has 1 saturated heterocycles. The Labute approximate surface area is 151 Å². The van der Waals surface area contributed by atoms with E-state index < -0.39 is 0 Å². The molecule has 0 aliphatic carbocycles. The molecular formula is C20H31N3O2. The predicted molar refractivity (Wildman–Crippen MR) is 99.6 cm³/mol. The Kier molecular flexibility index (Phi) is 7.09. The Morgan fingerprint density at radius 1 is 1.04 bits per heavy atom. The van der Waals surface area contributed by atoms with Crippen molar-refractivity contribution < 1.29 is 9.59 Å². The Balaban J connectivity index is 1.80. The van der Waals surface area contributed by atoms with Crippen LogP contribution in [0, 0.1) is 17.8 Å². The van der Waals surface area contributed by atoms with E-state index in [1.165, 1.54) is 0 Å². The minimum atomic E-state index is 0.0429. The lowest BCUT2D eigenvalue weighted by molar-refractivity contribution is -0.122. The standard InChI is InChI=1S/C20H31N3O2/c1-14(2)18(24)6-5-16-7-9-23(10-8-16)20-21-12-17(13-22-20)11-19(25)15(3)4/h12-16H,5-11H2,1-4H3. The minimum absolute atomic E-state index is 0.0429. The van der Waals surface area contributed by atoms with Crippen molar-refractivity contribution in [3.8, 4) is 0 Å². The van der Waals surface area contributed by atoms with Crippen molar-refractivity contribution in [2.75, 3.05) is 18.0 Å². The number of aromatic nitrogens is 2. The molecule has 25 heavy (non-hydrogen) atoms. The average Bonchev–Trinajstić information content (AvgIpc) is 2.60. The van der Waals surface area contributed by atoms with E-state index in [9.17, 15) is 9.59 Å². The first-order valence-electron chi connectivity index (χ1n) is 9.48. The van der Waals surface area contributed by atoms with Crippen LogP contribution < -0.4 is 4.90 Å². The number of rotatable bonds is 8. The normalized spacial score (nSPS) is 15.8. The minimum Gasteiger partial charge on any atom is -0.341 e. The number of carbonyl (C=O) groups excluding carboxylic acids is 2. The van der Waals surface area contributed by atoms with Crippen LogP contribution in [0.4, 0.5) is 5.95 Å². The van der Waals surface area contributed by atoms with Crippen LogP contribution in [0.5, 0.6) is 0 Å². The van der Waals surface area contributed by atoms with Crippen LogP contribution in [-0.2, 0) is 16.0 Å². The molecule has 2 heterocycles. The lowest BCUT2D eigenvalue weighted by Crippen LogP contribution is -2.35. The fourth-order valence-corrected chi connectivity index (χ4v) is 3.06. The van der Waals surface area contributed by atoms with Gasteiger partial charge in [0.25, 0.3) is 0 Å². The number of hydrogen-bond donors (Lipinski definition) is 0. The van der Waals surface area contributed by atoms with Crippen molar-refractivity contribution in [2.24, 2.45) is 17.8 Å². The van der Waals surface area contributed by atoms with Crippen molar-refractivity contribution in [2.45, 2.75) is 59.8 Å². The van der Waals surface area contributed by atoms with E-state index in [0.717, 1.165) is 43.9 Å².